The van der Waals surface area contributed by atoms with Gasteiger partial charge in [0.1, 0.15) is 5.82 Å². The minimum Gasteiger partial charge on any atom is -0.314 e. The van der Waals surface area contributed by atoms with Crippen LogP contribution in [0.15, 0.2) is 18.2 Å². The highest BCUT2D eigenvalue weighted by atomic mass is 35.5. The Labute approximate surface area is 139 Å². The summed E-state index contributed by atoms with van der Waals surface area (Å²) in [6.07, 6.45) is 6.63. The van der Waals surface area contributed by atoms with Crippen LogP contribution in [-0.2, 0) is 0 Å². The molecule has 1 heterocycles. The van der Waals surface area contributed by atoms with E-state index in [0.717, 1.165) is 31.7 Å². The molecule has 124 valence electrons. The largest absolute Gasteiger partial charge is 0.314 e. The van der Waals surface area contributed by atoms with Crippen molar-refractivity contribution in [1.82, 2.24) is 10.2 Å². The SMILES string of the molecule is Cc1c(F)cccc1[C@H](C1CCCCC1)N1CCNCC1.Cl. The number of benzene rings is 1. The van der Waals surface area contributed by atoms with Crippen LogP contribution in [-0.4, -0.2) is 31.1 Å². The van der Waals surface area contributed by atoms with Crippen LogP contribution in [0.25, 0.3) is 0 Å². The standard InChI is InChI=1S/C18H27FN2.ClH/c1-14-16(8-5-9-17(14)19)18(15-6-3-2-4-7-15)21-12-10-20-11-13-21;/h5,8-9,15,18,20H,2-4,6-7,10-13H2,1H3;1H/t18-;/m0./s1. The molecule has 3 rings (SSSR count). The lowest BCUT2D eigenvalue weighted by Crippen LogP contribution is -2.47. The van der Waals surface area contributed by atoms with Gasteiger partial charge in [-0.3, -0.25) is 4.90 Å². The summed E-state index contributed by atoms with van der Waals surface area (Å²) < 4.78 is 14.0. The van der Waals surface area contributed by atoms with Gasteiger partial charge in [-0.2, -0.15) is 0 Å². The van der Waals surface area contributed by atoms with Crippen molar-refractivity contribution in [2.75, 3.05) is 26.2 Å². The summed E-state index contributed by atoms with van der Waals surface area (Å²) in [6, 6.07) is 6.03. The minimum absolute atomic E-state index is 0. The van der Waals surface area contributed by atoms with Crippen LogP contribution in [0, 0.1) is 18.7 Å². The van der Waals surface area contributed by atoms with Crippen molar-refractivity contribution >= 4 is 12.4 Å². The maximum absolute atomic E-state index is 14.0. The van der Waals surface area contributed by atoms with E-state index in [4.69, 9.17) is 0 Å². The fourth-order valence-electron chi connectivity index (χ4n) is 4.10. The Morgan fingerprint density at radius 2 is 1.82 bits per heavy atom. The fourth-order valence-corrected chi connectivity index (χ4v) is 4.10. The molecule has 0 bridgehead atoms. The topological polar surface area (TPSA) is 15.3 Å². The Morgan fingerprint density at radius 1 is 1.14 bits per heavy atom. The molecule has 22 heavy (non-hydrogen) atoms. The van der Waals surface area contributed by atoms with Crippen LogP contribution >= 0.6 is 12.4 Å². The molecule has 0 radical (unpaired) electrons. The molecule has 0 unspecified atom stereocenters. The first-order valence-electron chi connectivity index (χ1n) is 8.47. The van der Waals surface area contributed by atoms with Gasteiger partial charge in [0.05, 0.1) is 0 Å². The van der Waals surface area contributed by atoms with Crippen molar-refractivity contribution in [2.24, 2.45) is 5.92 Å². The normalized spacial score (nSPS) is 22.1. The summed E-state index contributed by atoms with van der Waals surface area (Å²) >= 11 is 0. The van der Waals surface area contributed by atoms with E-state index in [9.17, 15) is 4.39 Å². The summed E-state index contributed by atoms with van der Waals surface area (Å²) in [4.78, 5) is 2.59. The van der Waals surface area contributed by atoms with Gasteiger partial charge in [0.15, 0.2) is 0 Å². The third kappa shape index (κ3) is 3.81. The van der Waals surface area contributed by atoms with E-state index in [1.54, 1.807) is 6.07 Å². The van der Waals surface area contributed by atoms with Gasteiger partial charge in [-0.15, -0.1) is 12.4 Å². The molecule has 2 fully saturated rings. The van der Waals surface area contributed by atoms with Crippen LogP contribution in [0.2, 0.25) is 0 Å². The monoisotopic (exact) mass is 326 g/mol. The van der Waals surface area contributed by atoms with Gasteiger partial charge in [-0.05, 0) is 42.9 Å². The predicted molar refractivity (Wildman–Crippen MR) is 92.1 cm³/mol. The van der Waals surface area contributed by atoms with Crippen LogP contribution < -0.4 is 5.32 Å². The lowest BCUT2D eigenvalue weighted by molar-refractivity contribution is 0.103. The molecule has 4 heteroatoms. The number of halogens is 2. The van der Waals surface area contributed by atoms with E-state index >= 15 is 0 Å². The second-order valence-electron chi connectivity index (χ2n) is 6.58. The molecule has 1 N–H and O–H groups in total. The van der Waals surface area contributed by atoms with Crippen LogP contribution in [0.1, 0.15) is 49.3 Å². The molecule has 0 aromatic heterocycles. The quantitative estimate of drug-likeness (QED) is 0.900. The second-order valence-corrected chi connectivity index (χ2v) is 6.58. The maximum atomic E-state index is 14.0. The molecular weight excluding hydrogens is 299 g/mol. The molecule has 0 spiro atoms. The van der Waals surface area contributed by atoms with Crippen LogP contribution in [0.3, 0.4) is 0 Å². The van der Waals surface area contributed by atoms with E-state index in [-0.39, 0.29) is 18.2 Å². The summed E-state index contributed by atoms with van der Waals surface area (Å²) in [7, 11) is 0. The Balaban J connectivity index is 0.00000176. The highest BCUT2D eigenvalue weighted by molar-refractivity contribution is 5.85. The first kappa shape index (κ1) is 17.7. The molecule has 1 saturated carbocycles. The van der Waals surface area contributed by atoms with E-state index in [1.165, 1.54) is 37.7 Å². The molecule has 2 nitrogen and oxygen atoms in total. The van der Waals surface area contributed by atoms with Gasteiger partial charge in [-0.1, -0.05) is 31.4 Å². The third-order valence-corrected chi connectivity index (χ3v) is 5.27. The minimum atomic E-state index is -0.0524. The Morgan fingerprint density at radius 3 is 2.50 bits per heavy atom. The first-order valence-corrected chi connectivity index (χ1v) is 8.47. The summed E-state index contributed by atoms with van der Waals surface area (Å²) in [5.41, 5.74) is 2.08. The van der Waals surface area contributed by atoms with Crippen LogP contribution in [0.5, 0.6) is 0 Å². The van der Waals surface area contributed by atoms with Gasteiger partial charge < -0.3 is 5.32 Å². The van der Waals surface area contributed by atoms with Crippen molar-refractivity contribution in [2.45, 2.75) is 45.1 Å². The average molecular weight is 327 g/mol. The molecule has 1 aromatic carbocycles. The summed E-state index contributed by atoms with van der Waals surface area (Å²) in [5.74, 6) is 0.640. The number of nitrogens with one attached hydrogen (secondary N) is 1. The van der Waals surface area contributed by atoms with E-state index in [2.05, 4.69) is 16.3 Å². The number of rotatable bonds is 3. The zero-order chi connectivity index (χ0) is 14.7. The number of hydrogen-bond donors (Lipinski definition) is 1. The third-order valence-electron chi connectivity index (χ3n) is 5.27. The zero-order valence-corrected chi connectivity index (χ0v) is 14.3. The number of nitrogens with zero attached hydrogens (tertiary/aromatic N) is 1. The van der Waals surface area contributed by atoms with Gasteiger partial charge in [0.2, 0.25) is 0 Å². The molecule has 0 amide bonds. The first-order chi connectivity index (χ1) is 10.3. The molecule has 1 atom stereocenters. The van der Waals surface area contributed by atoms with Crippen molar-refractivity contribution in [3.63, 3.8) is 0 Å². The second kappa shape index (κ2) is 8.28. The average Bonchev–Trinajstić information content (AvgIpc) is 2.54. The smallest absolute Gasteiger partial charge is 0.126 e. The van der Waals surface area contributed by atoms with Crippen LogP contribution in [0.4, 0.5) is 4.39 Å². The van der Waals surface area contributed by atoms with Gasteiger partial charge in [0.25, 0.3) is 0 Å². The molecular formula is C18H28ClFN2. The van der Waals surface area contributed by atoms with Gasteiger partial charge in [0, 0.05) is 32.2 Å². The number of piperazine rings is 1. The lowest BCUT2D eigenvalue weighted by Gasteiger charge is -2.41. The van der Waals surface area contributed by atoms with E-state index in [0.29, 0.717) is 12.0 Å². The predicted octanol–water partition coefficient (Wildman–Crippen LogP) is 4.08. The molecule has 1 aliphatic carbocycles. The summed E-state index contributed by atoms with van der Waals surface area (Å²) in [6.45, 7) is 6.21. The van der Waals surface area contributed by atoms with E-state index in [1.807, 2.05) is 13.0 Å². The molecule has 2 aliphatic rings. The van der Waals surface area contributed by atoms with Gasteiger partial charge >= 0.3 is 0 Å². The molecule has 1 aromatic rings. The fraction of sp³-hybridized carbons (Fsp3) is 0.667. The maximum Gasteiger partial charge on any atom is 0.126 e. The highest BCUT2D eigenvalue weighted by Gasteiger charge is 2.32. The Hall–Kier alpha value is -0.640. The summed E-state index contributed by atoms with van der Waals surface area (Å²) in [5, 5.41) is 3.43. The highest BCUT2D eigenvalue weighted by Crippen LogP contribution is 2.39. The van der Waals surface area contributed by atoms with Gasteiger partial charge in [-0.25, -0.2) is 4.39 Å². The zero-order valence-electron chi connectivity index (χ0n) is 13.5. The van der Waals surface area contributed by atoms with E-state index < -0.39 is 0 Å². The Bertz CT molecular complexity index is 450. The van der Waals surface area contributed by atoms with Crippen molar-refractivity contribution < 1.29 is 4.39 Å². The van der Waals surface area contributed by atoms with Crippen molar-refractivity contribution in [3.8, 4) is 0 Å². The molecule has 1 aliphatic heterocycles. The van der Waals surface area contributed by atoms with Crippen molar-refractivity contribution in [3.05, 3.63) is 35.1 Å². The van der Waals surface area contributed by atoms with Crippen molar-refractivity contribution in [1.29, 1.82) is 0 Å². The Kier molecular flexibility index (Phi) is 6.66. The number of hydrogen-bond acceptors (Lipinski definition) is 2. The lowest BCUT2D eigenvalue weighted by atomic mass is 9.79. The molecule has 1 saturated heterocycles.